The Labute approximate surface area is 170 Å². The quantitative estimate of drug-likeness (QED) is 0.657. The molecule has 1 aromatic heterocycles. The van der Waals surface area contributed by atoms with Crippen molar-refractivity contribution >= 4 is 18.3 Å². The van der Waals surface area contributed by atoms with Crippen molar-refractivity contribution in [2.24, 2.45) is 7.05 Å². The van der Waals surface area contributed by atoms with Crippen molar-refractivity contribution in [2.45, 2.75) is 18.8 Å². The standard InChI is InChI=1S/C21H22BN5O2/c1-26-14-24-25-21(26)16-9-11-27(12-10-16)20-17(13-23)3-2-4-19(20)15-5-7-18(8-6-15)22(28)29/h2-8,14,16,28-29H,9-12H2,1H3. The molecular weight excluding hydrogens is 365 g/mol. The summed E-state index contributed by atoms with van der Waals surface area (Å²) in [5.74, 6) is 1.37. The number of aryl methyl sites for hydroxylation is 1. The summed E-state index contributed by atoms with van der Waals surface area (Å²) >= 11 is 0. The van der Waals surface area contributed by atoms with Gasteiger partial charge in [-0.2, -0.15) is 5.26 Å². The van der Waals surface area contributed by atoms with E-state index in [0.717, 1.165) is 48.6 Å². The summed E-state index contributed by atoms with van der Waals surface area (Å²) in [6, 6.07) is 15.2. The van der Waals surface area contributed by atoms with Crippen molar-refractivity contribution in [3.8, 4) is 17.2 Å². The fraction of sp³-hybridized carbons (Fsp3) is 0.286. The molecule has 1 fully saturated rings. The van der Waals surface area contributed by atoms with Gasteiger partial charge in [-0.1, -0.05) is 36.4 Å². The van der Waals surface area contributed by atoms with Crippen LogP contribution in [0, 0.1) is 11.3 Å². The van der Waals surface area contributed by atoms with Crippen LogP contribution in [-0.2, 0) is 7.05 Å². The Kier molecular flexibility index (Phi) is 5.34. The molecule has 2 aromatic carbocycles. The zero-order chi connectivity index (χ0) is 20.4. The Morgan fingerprint density at radius 3 is 2.41 bits per heavy atom. The van der Waals surface area contributed by atoms with Gasteiger partial charge in [0.15, 0.2) is 0 Å². The third-order valence-corrected chi connectivity index (χ3v) is 5.60. The lowest BCUT2D eigenvalue weighted by Gasteiger charge is -2.35. The summed E-state index contributed by atoms with van der Waals surface area (Å²) in [7, 11) is 0.478. The first-order valence-electron chi connectivity index (χ1n) is 9.67. The zero-order valence-electron chi connectivity index (χ0n) is 16.2. The molecule has 2 N–H and O–H groups in total. The molecule has 0 aliphatic carbocycles. The van der Waals surface area contributed by atoms with Crippen molar-refractivity contribution in [2.75, 3.05) is 18.0 Å². The number of benzene rings is 2. The highest BCUT2D eigenvalue weighted by Gasteiger charge is 2.26. The summed E-state index contributed by atoms with van der Waals surface area (Å²) in [5, 5.41) is 36.6. The lowest BCUT2D eigenvalue weighted by atomic mass is 9.79. The molecule has 146 valence electrons. The van der Waals surface area contributed by atoms with Crippen LogP contribution < -0.4 is 10.4 Å². The number of rotatable bonds is 4. The summed E-state index contributed by atoms with van der Waals surface area (Å²) in [4.78, 5) is 2.27. The molecule has 8 heteroatoms. The monoisotopic (exact) mass is 387 g/mol. The molecule has 0 radical (unpaired) electrons. The molecule has 0 amide bonds. The van der Waals surface area contributed by atoms with Gasteiger partial charge in [-0.15, -0.1) is 10.2 Å². The third-order valence-electron chi connectivity index (χ3n) is 5.60. The number of nitrogens with zero attached hydrogens (tertiary/aromatic N) is 5. The number of hydrogen-bond donors (Lipinski definition) is 2. The number of aromatic nitrogens is 3. The fourth-order valence-electron chi connectivity index (χ4n) is 4.07. The minimum atomic E-state index is -1.49. The highest BCUT2D eigenvalue weighted by atomic mass is 16.4. The fourth-order valence-corrected chi connectivity index (χ4v) is 4.07. The van der Waals surface area contributed by atoms with Crippen LogP contribution in [0.25, 0.3) is 11.1 Å². The van der Waals surface area contributed by atoms with Crippen LogP contribution in [0.5, 0.6) is 0 Å². The van der Waals surface area contributed by atoms with Crippen LogP contribution in [0.1, 0.15) is 30.1 Å². The van der Waals surface area contributed by atoms with Crippen LogP contribution in [0.15, 0.2) is 48.8 Å². The highest BCUT2D eigenvalue weighted by molar-refractivity contribution is 6.58. The van der Waals surface area contributed by atoms with Crippen LogP contribution in [0.4, 0.5) is 5.69 Å². The second kappa shape index (κ2) is 8.07. The minimum absolute atomic E-state index is 0.363. The van der Waals surface area contributed by atoms with Gasteiger partial charge < -0.3 is 19.5 Å². The van der Waals surface area contributed by atoms with Crippen molar-refractivity contribution < 1.29 is 10.0 Å². The first-order chi connectivity index (χ1) is 14.1. The molecule has 0 atom stereocenters. The van der Waals surface area contributed by atoms with Gasteiger partial charge >= 0.3 is 7.12 Å². The molecule has 0 bridgehead atoms. The Morgan fingerprint density at radius 2 is 1.83 bits per heavy atom. The largest absolute Gasteiger partial charge is 0.488 e. The zero-order valence-corrected chi connectivity index (χ0v) is 16.2. The van der Waals surface area contributed by atoms with Gasteiger partial charge in [-0.3, -0.25) is 0 Å². The van der Waals surface area contributed by atoms with E-state index in [1.54, 1.807) is 18.5 Å². The molecule has 29 heavy (non-hydrogen) atoms. The van der Waals surface area contributed by atoms with Crippen molar-refractivity contribution in [1.82, 2.24) is 14.8 Å². The van der Waals surface area contributed by atoms with E-state index < -0.39 is 7.12 Å². The first-order valence-corrected chi connectivity index (χ1v) is 9.67. The van der Waals surface area contributed by atoms with E-state index in [2.05, 4.69) is 21.2 Å². The molecule has 2 heterocycles. The molecular formula is C21H22BN5O2. The van der Waals surface area contributed by atoms with Gasteiger partial charge in [0.2, 0.25) is 0 Å². The molecule has 0 unspecified atom stereocenters. The Morgan fingerprint density at radius 1 is 1.10 bits per heavy atom. The average molecular weight is 387 g/mol. The van der Waals surface area contributed by atoms with E-state index in [0.29, 0.717) is 16.9 Å². The summed E-state index contributed by atoms with van der Waals surface area (Å²) < 4.78 is 1.98. The van der Waals surface area contributed by atoms with E-state index >= 15 is 0 Å². The van der Waals surface area contributed by atoms with Crippen LogP contribution in [0.2, 0.25) is 0 Å². The Hall–Kier alpha value is -3.15. The van der Waals surface area contributed by atoms with Crippen molar-refractivity contribution in [3.63, 3.8) is 0 Å². The van der Waals surface area contributed by atoms with E-state index in [9.17, 15) is 15.3 Å². The molecule has 1 saturated heterocycles. The SMILES string of the molecule is Cn1cnnc1C1CCN(c2c(C#N)cccc2-c2ccc(B(O)O)cc2)CC1. The van der Waals surface area contributed by atoms with Crippen molar-refractivity contribution in [1.29, 1.82) is 5.26 Å². The Balaban J connectivity index is 1.64. The number of anilines is 1. The number of nitriles is 1. The van der Waals surface area contributed by atoms with Crippen molar-refractivity contribution in [3.05, 3.63) is 60.2 Å². The smallest absolute Gasteiger partial charge is 0.423 e. The van der Waals surface area contributed by atoms with Crippen LogP contribution in [0.3, 0.4) is 0 Å². The van der Waals surface area contributed by atoms with Gasteiger partial charge in [-0.05, 0) is 29.9 Å². The van der Waals surface area contributed by atoms with Gasteiger partial charge in [0.25, 0.3) is 0 Å². The second-order valence-electron chi connectivity index (χ2n) is 7.37. The molecule has 4 rings (SSSR count). The van der Waals surface area contributed by atoms with Gasteiger partial charge in [0.1, 0.15) is 18.2 Å². The lowest BCUT2D eigenvalue weighted by Crippen LogP contribution is -2.34. The lowest BCUT2D eigenvalue weighted by molar-refractivity contribution is 0.426. The van der Waals surface area contributed by atoms with E-state index in [4.69, 9.17) is 0 Å². The maximum absolute atomic E-state index is 9.71. The number of hydrogen-bond acceptors (Lipinski definition) is 6. The summed E-state index contributed by atoms with van der Waals surface area (Å²) in [6.45, 7) is 1.66. The van der Waals surface area contributed by atoms with Crippen LogP contribution >= 0.6 is 0 Å². The Bertz CT molecular complexity index is 1030. The summed E-state index contributed by atoms with van der Waals surface area (Å²) in [5.41, 5.74) is 3.93. The predicted octanol–water partition coefficient (Wildman–Crippen LogP) is 1.42. The number of para-hydroxylation sites is 1. The van der Waals surface area contributed by atoms with Gasteiger partial charge in [0.05, 0.1) is 11.3 Å². The summed E-state index contributed by atoms with van der Waals surface area (Å²) in [6.07, 6.45) is 3.63. The van der Waals surface area contributed by atoms with Gasteiger partial charge in [0, 0.05) is 31.6 Å². The molecule has 1 aliphatic heterocycles. The maximum Gasteiger partial charge on any atom is 0.488 e. The molecule has 3 aromatic rings. The topological polar surface area (TPSA) is 98.2 Å². The van der Waals surface area contributed by atoms with Crippen LogP contribution in [-0.4, -0.2) is 45.0 Å². The second-order valence-corrected chi connectivity index (χ2v) is 7.37. The molecule has 0 spiro atoms. The minimum Gasteiger partial charge on any atom is -0.423 e. The molecule has 1 aliphatic rings. The average Bonchev–Trinajstić information content (AvgIpc) is 3.19. The maximum atomic E-state index is 9.71. The van der Waals surface area contributed by atoms with Gasteiger partial charge in [-0.25, -0.2) is 0 Å². The highest BCUT2D eigenvalue weighted by Crippen LogP contribution is 2.37. The first kappa shape index (κ1) is 19.2. The van der Waals surface area contributed by atoms with E-state index in [-0.39, 0.29) is 0 Å². The van der Waals surface area contributed by atoms with E-state index in [1.165, 1.54) is 0 Å². The predicted molar refractivity (Wildman–Crippen MR) is 112 cm³/mol. The van der Waals surface area contributed by atoms with E-state index in [1.807, 2.05) is 41.9 Å². The molecule has 0 saturated carbocycles. The normalized spacial score (nSPS) is 14.6. The molecule has 7 nitrogen and oxygen atoms in total. The number of piperidine rings is 1. The third kappa shape index (κ3) is 3.75.